The Morgan fingerprint density at radius 1 is 1.26 bits per heavy atom. The van der Waals surface area contributed by atoms with Crippen molar-refractivity contribution in [2.75, 3.05) is 6.54 Å². The Morgan fingerprint density at radius 2 is 1.95 bits per heavy atom. The van der Waals surface area contributed by atoms with Crippen molar-refractivity contribution in [2.45, 2.75) is 52.2 Å². The van der Waals surface area contributed by atoms with Crippen LogP contribution in [0, 0.1) is 0 Å². The average Bonchev–Trinajstić information content (AvgIpc) is 2.75. The number of carbonyl (C=O) groups excluding carboxylic acids is 2. The molecule has 0 aromatic carbocycles. The molecule has 1 fully saturated rings. The van der Waals surface area contributed by atoms with Crippen LogP contribution in [0.25, 0.3) is 0 Å². The number of carbonyl (C=O) groups is 2. The molecule has 4 heteroatoms. The maximum Gasteiger partial charge on any atom is 0.329 e. The molecule has 1 amide bonds. The van der Waals surface area contributed by atoms with E-state index in [1.165, 1.54) is 6.08 Å². The van der Waals surface area contributed by atoms with Crippen LogP contribution in [0.2, 0.25) is 0 Å². The third kappa shape index (κ3) is 4.89. The Balaban J connectivity index is 2.68. The third-order valence-corrected chi connectivity index (χ3v) is 2.76. The van der Waals surface area contributed by atoms with Crippen LogP contribution in [0.4, 0.5) is 0 Å². The van der Waals surface area contributed by atoms with E-state index in [1.54, 1.807) is 17.1 Å². The van der Waals surface area contributed by atoms with Crippen molar-refractivity contribution in [3.63, 3.8) is 0 Å². The molecule has 0 spiro atoms. The van der Waals surface area contributed by atoms with Gasteiger partial charge in [0.15, 0.2) is 0 Å². The van der Waals surface area contributed by atoms with Crippen molar-refractivity contribution in [3.05, 3.63) is 24.3 Å². The summed E-state index contributed by atoms with van der Waals surface area (Å²) in [5, 5.41) is 0. The highest BCUT2D eigenvalue weighted by atomic mass is 16.6. The predicted molar refractivity (Wildman–Crippen MR) is 74.5 cm³/mol. The number of hydrogen-bond acceptors (Lipinski definition) is 3. The minimum Gasteiger partial charge on any atom is -0.458 e. The molecule has 1 aliphatic heterocycles. The second-order valence-corrected chi connectivity index (χ2v) is 5.61. The smallest absolute Gasteiger partial charge is 0.329 e. The lowest BCUT2D eigenvalue weighted by Gasteiger charge is -2.26. The number of likely N-dealkylation sites (tertiary alicyclic amines) is 1. The van der Waals surface area contributed by atoms with Crippen molar-refractivity contribution in [2.24, 2.45) is 0 Å². The summed E-state index contributed by atoms with van der Waals surface area (Å²) in [5.41, 5.74) is -0.519. The minimum absolute atomic E-state index is 0.133. The van der Waals surface area contributed by atoms with Gasteiger partial charge in [-0.2, -0.15) is 0 Å². The Kier molecular flexibility index (Phi) is 5.33. The summed E-state index contributed by atoms with van der Waals surface area (Å²) in [6.45, 7) is 7.99. The van der Waals surface area contributed by atoms with Gasteiger partial charge in [0, 0.05) is 12.6 Å². The van der Waals surface area contributed by atoms with E-state index in [-0.39, 0.29) is 11.9 Å². The zero-order valence-corrected chi connectivity index (χ0v) is 12.2. The molecule has 1 heterocycles. The number of nitrogens with zero attached hydrogens (tertiary/aromatic N) is 1. The first-order valence-corrected chi connectivity index (χ1v) is 6.68. The van der Waals surface area contributed by atoms with E-state index in [9.17, 15) is 9.59 Å². The van der Waals surface area contributed by atoms with Gasteiger partial charge in [-0.3, -0.25) is 4.79 Å². The van der Waals surface area contributed by atoms with Gasteiger partial charge in [0.1, 0.15) is 11.6 Å². The zero-order chi connectivity index (χ0) is 14.5. The van der Waals surface area contributed by atoms with Crippen molar-refractivity contribution < 1.29 is 14.3 Å². The van der Waals surface area contributed by atoms with Crippen LogP contribution in [0.3, 0.4) is 0 Å². The first-order chi connectivity index (χ1) is 8.85. The molecule has 0 unspecified atom stereocenters. The van der Waals surface area contributed by atoms with Gasteiger partial charge in [-0.25, -0.2) is 4.79 Å². The highest BCUT2D eigenvalue weighted by Gasteiger charge is 2.35. The van der Waals surface area contributed by atoms with Crippen LogP contribution in [-0.4, -0.2) is 35.0 Å². The van der Waals surface area contributed by atoms with E-state index >= 15 is 0 Å². The standard InChI is InChI=1S/C15H23NO3/c1-5-6-7-10-13(17)16-11-8-9-12(16)14(18)19-15(2,3)4/h5-7,10,12H,8-9,11H2,1-4H3/t12-/m0/s1. The fraction of sp³-hybridized carbons (Fsp3) is 0.600. The molecule has 106 valence electrons. The normalized spacial score (nSPS) is 20.4. The van der Waals surface area contributed by atoms with Gasteiger partial charge in [0.05, 0.1) is 0 Å². The zero-order valence-electron chi connectivity index (χ0n) is 12.2. The average molecular weight is 265 g/mol. The summed E-state index contributed by atoms with van der Waals surface area (Å²) in [6, 6.07) is -0.443. The lowest BCUT2D eigenvalue weighted by atomic mass is 10.1. The second kappa shape index (κ2) is 6.55. The summed E-state index contributed by atoms with van der Waals surface area (Å²) in [5.74, 6) is -0.441. The topological polar surface area (TPSA) is 46.6 Å². The molecule has 0 aliphatic carbocycles. The lowest BCUT2D eigenvalue weighted by molar-refractivity contribution is -0.162. The Bertz CT molecular complexity index is 391. The van der Waals surface area contributed by atoms with Crippen molar-refractivity contribution in [1.82, 2.24) is 4.90 Å². The van der Waals surface area contributed by atoms with Crippen LogP contribution < -0.4 is 0 Å². The molecule has 19 heavy (non-hydrogen) atoms. The summed E-state index contributed by atoms with van der Waals surface area (Å²) in [4.78, 5) is 25.6. The Hall–Kier alpha value is -1.58. The van der Waals surface area contributed by atoms with Crippen molar-refractivity contribution >= 4 is 11.9 Å². The highest BCUT2D eigenvalue weighted by molar-refractivity contribution is 5.92. The third-order valence-electron chi connectivity index (χ3n) is 2.76. The van der Waals surface area contributed by atoms with Crippen LogP contribution in [0.1, 0.15) is 40.5 Å². The molecular weight excluding hydrogens is 242 g/mol. The van der Waals surface area contributed by atoms with E-state index in [1.807, 2.05) is 33.8 Å². The number of allylic oxidation sites excluding steroid dienone is 3. The molecule has 1 aliphatic rings. The summed E-state index contributed by atoms with van der Waals surface area (Å²) in [6.07, 6.45) is 8.33. The van der Waals surface area contributed by atoms with E-state index in [2.05, 4.69) is 0 Å². The first kappa shape index (κ1) is 15.5. The Labute approximate surface area is 115 Å². The molecule has 4 nitrogen and oxygen atoms in total. The number of esters is 1. The largest absolute Gasteiger partial charge is 0.458 e. The fourth-order valence-electron chi connectivity index (χ4n) is 1.99. The van der Waals surface area contributed by atoms with Gasteiger partial charge >= 0.3 is 5.97 Å². The van der Waals surface area contributed by atoms with Gasteiger partial charge in [-0.15, -0.1) is 0 Å². The first-order valence-electron chi connectivity index (χ1n) is 6.68. The van der Waals surface area contributed by atoms with E-state index < -0.39 is 11.6 Å². The summed E-state index contributed by atoms with van der Waals surface area (Å²) in [7, 11) is 0. The molecule has 0 radical (unpaired) electrons. The molecule has 1 rings (SSSR count). The molecule has 0 aromatic heterocycles. The molecular formula is C15H23NO3. The van der Waals surface area contributed by atoms with E-state index in [0.29, 0.717) is 13.0 Å². The van der Waals surface area contributed by atoms with E-state index in [4.69, 9.17) is 4.74 Å². The SMILES string of the molecule is CC=CC=CC(=O)N1CCC[C@H]1C(=O)OC(C)(C)C. The van der Waals surface area contributed by atoms with Gasteiger partial charge in [0.2, 0.25) is 5.91 Å². The van der Waals surface area contributed by atoms with Gasteiger partial charge in [-0.05, 0) is 40.5 Å². The lowest BCUT2D eigenvalue weighted by Crippen LogP contribution is -2.42. The fourth-order valence-corrected chi connectivity index (χ4v) is 1.99. The molecule has 1 atom stereocenters. The van der Waals surface area contributed by atoms with Crippen LogP contribution in [-0.2, 0) is 14.3 Å². The molecule has 0 saturated carbocycles. The number of rotatable bonds is 3. The Morgan fingerprint density at radius 3 is 2.53 bits per heavy atom. The highest BCUT2D eigenvalue weighted by Crippen LogP contribution is 2.21. The van der Waals surface area contributed by atoms with Crippen molar-refractivity contribution in [3.8, 4) is 0 Å². The van der Waals surface area contributed by atoms with Crippen LogP contribution in [0.5, 0.6) is 0 Å². The number of ether oxygens (including phenoxy) is 1. The predicted octanol–water partition coefficient (Wildman–Crippen LogP) is 2.45. The van der Waals surface area contributed by atoms with E-state index in [0.717, 1.165) is 6.42 Å². The van der Waals surface area contributed by atoms with Crippen LogP contribution in [0.15, 0.2) is 24.3 Å². The van der Waals surface area contributed by atoms with Gasteiger partial charge in [-0.1, -0.05) is 18.2 Å². The molecule has 0 bridgehead atoms. The summed E-state index contributed by atoms with van der Waals surface area (Å²) < 4.78 is 5.36. The number of amides is 1. The maximum atomic E-state index is 12.1. The summed E-state index contributed by atoms with van der Waals surface area (Å²) >= 11 is 0. The van der Waals surface area contributed by atoms with Gasteiger partial charge < -0.3 is 9.64 Å². The maximum absolute atomic E-state index is 12.1. The van der Waals surface area contributed by atoms with Gasteiger partial charge in [0.25, 0.3) is 0 Å². The second-order valence-electron chi connectivity index (χ2n) is 5.61. The molecule has 0 aromatic rings. The number of hydrogen-bond donors (Lipinski definition) is 0. The quantitative estimate of drug-likeness (QED) is 0.447. The monoisotopic (exact) mass is 265 g/mol. The van der Waals surface area contributed by atoms with Crippen molar-refractivity contribution in [1.29, 1.82) is 0 Å². The molecule has 1 saturated heterocycles. The molecule has 0 N–H and O–H groups in total. The minimum atomic E-state index is -0.519. The van der Waals surface area contributed by atoms with Crippen LogP contribution >= 0.6 is 0 Å².